The third kappa shape index (κ3) is 1.69. The van der Waals surface area contributed by atoms with Crippen LogP contribution < -0.4 is 0 Å². The van der Waals surface area contributed by atoms with Crippen LogP contribution in [0.4, 0.5) is 0 Å². The van der Waals surface area contributed by atoms with Crippen LogP contribution in [0.15, 0.2) is 41.4 Å². The SMILES string of the molecule is CC1CN=CC=C1c1ccccc1. The van der Waals surface area contributed by atoms with Crippen molar-refractivity contribution >= 4 is 11.8 Å². The molecule has 1 nitrogen and oxygen atoms in total. The lowest BCUT2D eigenvalue weighted by molar-refractivity contribution is 0.757. The summed E-state index contributed by atoms with van der Waals surface area (Å²) in [6.07, 6.45) is 4.02. The molecule has 1 atom stereocenters. The lowest BCUT2D eigenvalue weighted by Gasteiger charge is -2.16. The number of allylic oxidation sites excluding steroid dienone is 1. The van der Waals surface area contributed by atoms with E-state index in [9.17, 15) is 0 Å². The van der Waals surface area contributed by atoms with Crippen LogP contribution in [-0.2, 0) is 0 Å². The van der Waals surface area contributed by atoms with Gasteiger partial charge in [-0.25, -0.2) is 0 Å². The molecule has 1 aromatic carbocycles. The second-order valence-corrected chi connectivity index (χ2v) is 3.40. The average molecular weight is 171 g/mol. The quantitative estimate of drug-likeness (QED) is 0.616. The molecule has 1 aliphatic heterocycles. The highest BCUT2D eigenvalue weighted by atomic mass is 14.7. The Kier molecular flexibility index (Phi) is 2.26. The highest BCUT2D eigenvalue weighted by Gasteiger charge is 2.11. The van der Waals surface area contributed by atoms with Crippen molar-refractivity contribution in [2.45, 2.75) is 6.92 Å². The van der Waals surface area contributed by atoms with Gasteiger partial charge in [0.2, 0.25) is 0 Å². The van der Waals surface area contributed by atoms with Crippen LogP contribution in [0.1, 0.15) is 12.5 Å². The molecule has 13 heavy (non-hydrogen) atoms. The van der Waals surface area contributed by atoms with Crippen LogP contribution >= 0.6 is 0 Å². The Hall–Kier alpha value is -1.37. The molecule has 0 fully saturated rings. The number of nitrogens with zero attached hydrogens (tertiary/aromatic N) is 1. The van der Waals surface area contributed by atoms with Crippen molar-refractivity contribution in [3.05, 3.63) is 42.0 Å². The molecule has 2 rings (SSSR count). The molecular formula is C12H13N. The Balaban J connectivity index is 2.35. The standard InChI is InChI=1S/C12H13N/c1-10-9-13-8-7-12(10)11-5-3-2-4-6-11/h2-8,10H,9H2,1H3. The smallest absolute Gasteiger partial charge is 0.0455 e. The van der Waals surface area contributed by atoms with E-state index in [1.165, 1.54) is 11.1 Å². The minimum Gasteiger partial charge on any atom is -0.293 e. The van der Waals surface area contributed by atoms with Crippen LogP contribution in [0.2, 0.25) is 0 Å². The Morgan fingerprint density at radius 2 is 2.00 bits per heavy atom. The molecule has 1 heteroatoms. The summed E-state index contributed by atoms with van der Waals surface area (Å²) >= 11 is 0. The Morgan fingerprint density at radius 1 is 1.23 bits per heavy atom. The molecule has 0 aliphatic carbocycles. The molecule has 0 amide bonds. The topological polar surface area (TPSA) is 12.4 Å². The van der Waals surface area contributed by atoms with E-state index in [-0.39, 0.29) is 0 Å². The lowest BCUT2D eigenvalue weighted by atomic mass is 9.92. The van der Waals surface area contributed by atoms with Gasteiger partial charge in [0.25, 0.3) is 0 Å². The highest BCUT2D eigenvalue weighted by molar-refractivity contribution is 5.86. The van der Waals surface area contributed by atoms with Gasteiger partial charge in [-0.05, 0) is 17.2 Å². The molecule has 1 heterocycles. The van der Waals surface area contributed by atoms with Crippen molar-refractivity contribution in [3.8, 4) is 0 Å². The van der Waals surface area contributed by atoms with Crippen LogP contribution in [-0.4, -0.2) is 12.8 Å². The molecule has 0 bridgehead atoms. The number of benzene rings is 1. The van der Waals surface area contributed by atoms with Gasteiger partial charge in [-0.15, -0.1) is 0 Å². The molecule has 0 aromatic heterocycles. The fourth-order valence-corrected chi connectivity index (χ4v) is 1.63. The van der Waals surface area contributed by atoms with E-state index >= 15 is 0 Å². The van der Waals surface area contributed by atoms with E-state index in [4.69, 9.17) is 0 Å². The van der Waals surface area contributed by atoms with Gasteiger partial charge in [0, 0.05) is 18.7 Å². The third-order valence-electron chi connectivity index (χ3n) is 2.38. The van der Waals surface area contributed by atoms with E-state index in [2.05, 4.69) is 42.3 Å². The summed E-state index contributed by atoms with van der Waals surface area (Å²) in [6.45, 7) is 3.13. The predicted octanol–water partition coefficient (Wildman–Crippen LogP) is 2.79. The molecule has 0 N–H and O–H groups in total. The van der Waals surface area contributed by atoms with E-state index in [0.29, 0.717) is 5.92 Å². The van der Waals surface area contributed by atoms with Gasteiger partial charge in [0.1, 0.15) is 0 Å². The van der Waals surface area contributed by atoms with Crippen molar-refractivity contribution in [1.29, 1.82) is 0 Å². The minimum atomic E-state index is 0.549. The highest BCUT2D eigenvalue weighted by Crippen LogP contribution is 2.24. The molecule has 0 spiro atoms. The lowest BCUT2D eigenvalue weighted by Crippen LogP contribution is -2.06. The largest absolute Gasteiger partial charge is 0.293 e. The summed E-state index contributed by atoms with van der Waals surface area (Å²) in [5.41, 5.74) is 2.72. The first kappa shape index (κ1) is 8.24. The molecule has 1 aromatic rings. The van der Waals surface area contributed by atoms with Gasteiger partial charge in [0.15, 0.2) is 0 Å². The van der Waals surface area contributed by atoms with Crippen molar-refractivity contribution in [1.82, 2.24) is 0 Å². The Morgan fingerprint density at radius 3 is 2.69 bits per heavy atom. The molecule has 66 valence electrons. The fourth-order valence-electron chi connectivity index (χ4n) is 1.63. The number of hydrogen-bond acceptors (Lipinski definition) is 1. The number of aliphatic imine (C=N–C) groups is 1. The van der Waals surface area contributed by atoms with Crippen LogP contribution in [0.3, 0.4) is 0 Å². The van der Waals surface area contributed by atoms with Crippen LogP contribution in [0.25, 0.3) is 5.57 Å². The van der Waals surface area contributed by atoms with Gasteiger partial charge >= 0.3 is 0 Å². The average Bonchev–Trinajstić information content (AvgIpc) is 2.20. The van der Waals surface area contributed by atoms with Gasteiger partial charge in [-0.3, -0.25) is 4.99 Å². The fraction of sp³-hybridized carbons (Fsp3) is 0.250. The second-order valence-electron chi connectivity index (χ2n) is 3.40. The van der Waals surface area contributed by atoms with Crippen molar-refractivity contribution in [3.63, 3.8) is 0 Å². The predicted molar refractivity (Wildman–Crippen MR) is 56.9 cm³/mol. The molecule has 0 radical (unpaired) electrons. The first-order valence-corrected chi connectivity index (χ1v) is 4.63. The first-order chi connectivity index (χ1) is 6.38. The van der Waals surface area contributed by atoms with Crippen molar-refractivity contribution < 1.29 is 0 Å². The number of hydrogen-bond donors (Lipinski definition) is 0. The zero-order chi connectivity index (χ0) is 9.10. The molecule has 0 saturated carbocycles. The van der Waals surface area contributed by atoms with Gasteiger partial charge in [-0.2, -0.15) is 0 Å². The van der Waals surface area contributed by atoms with Crippen molar-refractivity contribution in [2.24, 2.45) is 10.9 Å². The molecular weight excluding hydrogens is 158 g/mol. The van der Waals surface area contributed by atoms with Gasteiger partial charge < -0.3 is 0 Å². The zero-order valence-corrected chi connectivity index (χ0v) is 7.77. The zero-order valence-electron chi connectivity index (χ0n) is 7.77. The van der Waals surface area contributed by atoms with Crippen LogP contribution in [0.5, 0.6) is 0 Å². The van der Waals surface area contributed by atoms with Gasteiger partial charge in [-0.1, -0.05) is 37.3 Å². The minimum absolute atomic E-state index is 0.549. The maximum Gasteiger partial charge on any atom is 0.0455 e. The number of dihydropyridines is 1. The van der Waals surface area contributed by atoms with E-state index in [1.54, 1.807) is 0 Å². The van der Waals surface area contributed by atoms with Crippen LogP contribution in [0, 0.1) is 5.92 Å². The summed E-state index contributed by atoms with van der Waals surface area (Å²) in [7, 11) is 0. The molecule has 1 aliphatic rings. The number of rotatable bonds is 1. The Labute approximate surface area is 78.8 Å². The molecule has 1 unspecified atom stereocenters. The summed E-state index contributed by atoms with van der Waals surface area (Å²) in [5, 5.41) is 0. The van der Waals surface area contributed by atoms with Crippen molar-refractivity contribution in [2.75, 3.05) is 6.54 Å². The Bertz CT molecular complexity index is 335. The molecule has 0 saturated heterocycles. The summed E-state index contributed by atoms with van der Waals surface area (Å²) in [4.78, 5) is 4.23. The normalized spacial score (nSPS) is 21.3. The first-order valence-electron chi connectivity index (χ1n) is 4.63. The van der Waals surface area contributed by atoms with E-state index < -0.39 is 0 Å². The maximum atomic E-state index is 4.23. The third-order valence-corrected chi connectivity index (χ3v) is 2.38. The maximum absolute atomic E-state index is 4.23. The second kappa shape index (κ2) is 3.56. The summed E-state index contributed by atoms with van der Waals surface area (Å²) in [5.74, 6) is 0.549. The van der Waals surface area contributed by atoms with E-state index in [1.807, 2.05) is 12.3 Å². The van der Waals surface area contributed by atoms with Gasteiger partial charge in [0.05, 0.1) is 0 Å². The van der Waals surface area contributed by atoms with E-state index in [0.717, 1.165) is 6.54 Å². The summed E-state index contributed by atoms with van der Waals surface area (Å²) in [6, 6.07) is 10.5. The summed E-state index contributed by atoms with van der Waals surface area (Å²) < 4.78 is 0. The monoisotopic (exact) mass is 171 g/mol.